The molecule has 1 aromatic rings. The summed E-state index contributed by atoms with van der Waals surface area (Å²) >= 11 is 0. The Morgan fingerprint density at radius 3 is 3.04 bits per heavy atom. The Hall–Kier alpha value is -1.60. The fourth-order valence-electron chi connectivity index (χ4n) is 6.19. The third kappa shape index (κ3) is 1.64. The van der Waals surface area contributed by atoms with Gasteiger partial charge in [0.1, 0.15) is 6.10 Å². The predicted molar refractivity (Wildman–Crippen MR) is 93.4 cm³/mol. The van der Waals surface area contributed by atoms with Crippen molar-refractivity contribution in [1.29, 1.82) is 0 Å². The first kappa shape index (κ1) is 15.6. The van der Waals surface area contributed by atoms with Crippen molar-refractivity contribution in [2.75, 3.05) is 13.1 Å². The Balaban J connectivity index is 1.76. The molecule has 2 fully saturated rings. The van der Waals surface area contributed by atoms with Crippen molar-refractivity contribution < 1.29 is 14.9 Å². The predicted octanol–water partition coefficient (Wildman–Crippen LogP) is 0.564. The summed E-state index contributed by atoms with van der Waals surface area (Å²) in [6, 6.07) is 3.70. The lowest BCUT2D eigenvalue weighted by molar-refractivity contribution is -0.189. The van der Waals surface area contributed by atoms with E-state index in [-0.39, 0.29) is 23.9 Å². The minimum atomic E-state index is -0.877. The van der Waals surface area contributed by atoms with Crippen molar-refractivity contribution in [3.8, 4) is 11.5 Å². The number of phenols is 1. The van der Waals surface area contributed by atoms with E-state index in [1.165, 1.54) is 5.56 Å². The van der Waals surface area contributed by atoms with Crippen LogP contribution in [0.1, 0.15) is 30.4 Å². The van der Waals surface area contributed by atoms with Gasteiger partial charge in [-0.05, 0) is 43.9 Å². The number of benzene rings is 1. The number of hydrogen-bond donors (Lipinski definition) is 4. The van der Waals surface area contributed by atoms with Gasteiger partial charge < -0.3 is 14.9 Å². The molecule has 0 amide bonds. The zero-order chi connectivity index (χ0) is 17.4. The van der Waals surface area contributed by atoms with Crippen LogP contribution in [0.3, 0.4) is 0 Å². The zero-order valence-corrected chi connectivity index (χ0v) is 14.2. The number of hydrazine groups is 1. The van der Waals surface area contributed by atoms with E-state index in [0.29, 0.717) is 12.2 Å². The molecule has 5 N–H and O–H groups in total. The second-order valence-electron chi connectivity index (χ2n) is 7.95. The number of rotatable bonds is 3. The number of piperidine rings is 1. The van der Waals surface area contributed by atoms with Crippen LogP contribution >= 0.6 is 0 Å². The van der Waals surface area contributed by atoms with Crippen LogP contribution in [-0.2, 0) is 11.8 Å². The molecule has 5 rings (SSSR count). The number of likely N-dealkylation sites (tertiary alicyclic amines) is 1. The van der Waals surface area contributed by atoms with E-state index in [0.717, 1.165) is 37.9 Å². The maximum atomic E-state index is 12.0. The second-order valence-corrected chi connectivity index (χ2v) is 7.95. The lowest BCUT2D eigenvalue weighted by Gasteiger charge is -2.64. The number of phenolic OH excluding ortho intramolecular Hbond substituents is 1. The number of aromatic hydroxyl groups is 1. The van der Waals surface area contributed by atoms with Crippen LogP contribution < -0.4 is 16.0 Å². The largest absolute Gasteiger partial charge is 0.504 e. The molecule has 134 valence electrons. The number of nitrogens with one attached hydrogen (secondary N) is 1. The highest BCUT2D eigenvalue weighted by Gasteiger charge is 2.72. The molecule has 1 spiro atoms. The topological polar surface area (TPSA) is 91.0 Å². The molecule has 6 nitrogen and oxygen atoms in total. The summed E-state index contributed by atoms with van der Waals surface area (Å²) in [4.78, 5) is 2.35. The Morgan fingerprint density at radius 1 is 1.44 bits per heavy atom. The van der Waals surface area contributed by atoms with Gasteiger partial charge in [0.15, 0.2) is 11.5 Å². The standard InChI is InChI=1S/C19H25N3O3/c1-2-8-22-9-7-18-15-11-3-4-13(23)16(15)25-17(18)12(21-20)5-6-19(18,24)14(22)10-11/h2-4,12,14,17,21,23-24H,1,5-10,20H2/t12?,14-,17+,18+,19-/m1/s1. The van der Waals surface area contributed by atoms with Crippen molar-refractivity contribution in [1.82, 2.24) is 10.3 Å². The van der Waals surface area contributed by atoms with Gasteiger partial charge in [-0.25, -0.2) is 0 Å². The highest BCUT2D eigenvalue weighted by Crippen LogP contribution is 2.65. The molecule has 1 saturated carbocycles. The lowest BCUT2D eigenvalue weighted by atomic mass is 9.48. The summed E-state index contributed by atoms with van der Waals surface area (Å²) in [5.74, 6) is 6.53. The van der Waals surface area contributed by atoms with Crippen molar-refractivity contribution in [3.05, 3.63) is 35.9 Å². The van der Waals surface area contributed by atoms with Crippen LogP contribution in [0, 0.1) is 0 Å². The molecule has 2 aliphatic carbocycles. The summed E-state index contributed by atoms with van der Waals surface area (Å²) in [6.07, 6.45) is 4.64. The molecule has 2 aliphatic heterocycles. The number of nitrogens with zero attached hydrogens (tertiary/aromatic N) is 1. The second kappa shape index (κ2) is 4.98. The van der Waals surface area contributed by atoms with Crippen LogP contribution in [0.2, 0.25) is 0 Å². The third-order valence-electron chi connectivity index (χ3n) is 7.15. The summed E-state index contributed by atoms with van der Waals surface area (Å²) in [6.45, 7) is 5.54. The van der Waals surface area contributed by atoms with Crippen LogP contribution in [0.25, 0.3) is 0 Å². The number of ether oxygens (including phenoxy) is 1. The van der Waals surface area contributed by atoms with E-state index in [4.69, 9.17) is 10.6 Å². The summed E-state index contributed by atoms with van der Waals surface area (Å²) in [5, 5.41) is 22.4. The molecule has 4 aliphatic rings. The van der Waals surface area contributed by atoms with Gasteiger partial charge >= 0.3 is 0 Å². The Labute approximate surface area is 147 Å². The van der Waals surface area contributed by atoms with Crippen molar-refractivity contribution >= 4 is 0 Å². The van der Waals surface area contributed by atoms with Gasteiger partial charge in [-0.15, -0.1) is 6.58 Å². The molecule has 6 heteroatoms. The molecule has 1 saturated heterocycles. The third-order valence-corrected chi connectivity index (χ3v) is 7.15. The maximum Gasteiger partial charge on any atom is 0.165 e. The summed E-state index contributed by atoms with van der Waals surface area (Å²) in [7, 11) is 0. The van der Waals surface area contributed by atoms with Crippen LogP contribution in [0.15, 0.2) is 24.8 Å². The van der Waals surface area contributed by atoms with Gasteiger partial charge in [-0.3, -0.25) is 16.2 Å². The smallest absolute Gasteiger partial charge is 0.165 e. The Morgan fingerprint density at radius 2 is 2.28 bits per heavy atom. The van der Waals surface area contributed by atoms with Crippen molar-refractivity contribution in [2.24, 2.45) is 5.84 Å². The average Bonchev–Trinajstić information content (AvgIpc) is 2.95. The molecule has 0 radical (unpaired) electrons. The maximum absolute atomic E-state index is 12.0. The van der Waals surface area contributed by atoms with E-state index < -0.39 is 11.0 Å². The van der Waals surface area contributed by atoms with Gasteiger partial charge in [-0.2, -0.15) is 0 Å². The fraction of sp³-hybridized carbons (Fsp3) is 0.579. The summed E-state index contributed by atoms with van der Waals surface area (Å²) < 4.78 is 6.28. The first-order valence-electron chi connectivity index (χ1n) is 9.12. The zero-order valence-electron chi connectivity index (χ0n) is 14.2. The van der Waals surface area contributed by atoms with E-state index in [1.54, 1.807) is 6.07 Å². The quantitative estimate of drug-likeness (QED) is 0.364. The summed E-state index contributed by atoms with van der Waals surface area (Å²) in [5.41, 5.74) is 3.71. The normalized spacial score (nSPS) is 41.1. The van der Waals surface area contributed by atoms with E-state index in [1.807, 2.05) is 12.1 Å². The molecule has 1 unspecified atom stereocenters. The van der Waals surface area contributed by atoms with Gasteiger partial charge in [0, 0.05) is 18.2 Å². The van der Waals surface area contributed by atoms with Crippen LogP contribution in [0.4, 0.5) is 0 Å². The first-order chi connectivity index (χ1) is 12.1. The highest BCUT2D eigenvalue weighted by atomic mass is 16.5. The minimum Gasteiger partial charge on any atom is -0.504 e. The van der Waals surface area contributed by atoms with Crippen LogP contribution in [0.5, 0.6) is 11.5 Å². The number of hydrogen-bond acceptors (Lipinski definition) is 6. The monoisotopic (exact) mass is 343 g/mol. The van der Waals surface area contributed by atoms with Crippen molar-refractivity contribution in [2.45, 2.75) is 54.9 Å². The van der Waals surface area contributed by atoms with E-state index in [2.05, 4.69) is 16.9 Å². The molecule has 2 heterocycles. The van der Waals surface area contributed by atoms with Gasteiger partial charge in [0.25, 0.3) is 0 Å². The fourth-order valence-corrected chi connectivity index (χ4v) is 6.19. The Bertz CT molecular complexity index is 754. The van der Waals surface area contributed by atoms with E-state index >= 15 is 0 Å². The van der Waals surface area contributed by atoms with Gasteiger partial charge in [0.2, 0.25) is 0 Å². The average molecular weight is 343 g/mol. The molecule has 1 aromatic carbocycles. The molecular formula is C19H25N3O3. The number of aliphatic hydroxyl groups is 1. The molecule has 5 atom stereocenters. The number of nitrogens with two attached hydrogens (primary N) is 1. The molecule has 2 bridgehead atoms. The van der Waals surface area contributed by atoms with E-state index in [9.17, 15) is 10.2 Å². The molecule has 25 heavy (non-hydrogen) atoms. The van der Waals surface area contributed by atoms with Gasteiger partial charge in [0.05, 0.1) is 17.1 Å². The lowest BCUT2D eigenvalue weighted by Crippen LogP contribution is -2.78. The minimum absolute atomic E-state index is 0.0343. The molecule has 0 aromatic heterocycles. The van der Waals surface area contributed by atoms with Crippen LogP contribution in [-0.4, -0.2) is 52.0 Å². The SMILES string of the molecule is C=CCN1CC[C@]23c4c5ccc(O)c4O[C@H]2C(NN)CC[C@@]3(O)[C@H]1C5. The highest BCUT2D eigenvalue weighted by molar-refractivity contribution is 5.62. The molecular weight excluding hydrogens is 318 g/mol. The van der Waals surface area contributed by atoms with Gasteiger partial charge in [-0.1, -0.05) is 12.1 Å². The first-order valence-corrected chi connectivity index (χ1v) is 9.12. The van der Waals surface area contributed by atoms with Crippen molar-refractivity contribution in [3.63, 3.8) is 0 Å². The Kier molecular flexibility index (Phi) is 3.11.